The number of piperidine rings is 1. The first kappa shape index (κ1) is 24.6. The molecule has 9 nitrogen and oxygen atoms in total. The highest BCUT2D eigenvalue weighted by atomic mass is 16.6. The molecule has 6 atom stereocenters. The first-order valence-corrected chi connectivity index (χ1v) is 13.7. The summed E-state index contributed by atoms with van der Waals surface area (Å²) in [7, 11) is 1.26. The summed E-state index contributed by atoms with van der Waals surface area (Å²) in [5.74, 6) is 0.344. The van der Waals surface area contributed by atoms with Crippen LogP contribution in [-0.2, 0) is 14.4 Å². The summed E-state index contributed by atoms with van der Waals surface area (Å²) < 4.78 is 7.82. The van der Waals surface area contributed by atoms with Crippen LogP contribution in [0.3, 0.4) is 0 Å². The number of aliphatic carboxylic acids is 1. The number of nitrogens with zero attached hydrogens (tertiary/aromatic N) is 4. The molecule has 2 aliphatic carbocycles. The van der Waals surface area contributed by atoms with E-state index in [0.717, 1.165) is 30.2 Å². The van der Waals surface area contributed by atoms with Crippen molar-refractivity contribution in [3.8, 4) is 0 Å². The minimum Gasteiger partial charge on any atom is -0.476 e. The lowest BCUT2D eigenvalue weighted by molar-refractivity contribution is -0.129. The zero-order valence-electron chi connectivity index (χ0n) is 21.4. The molecule has 2 aliphatic heterocycles. The summed E-state index contributed by atoms with van der Waals surface area (Å²) >= 11 is 0. The van der Waals surface area contributed by atoms with Crippen molar-refractivity contribution in [1.82, 2.24) is 14.5 Å². The van der Waals surface area contributed by atoms with Crippen molar-refractivity contribution in [2.24, 2.45) is 17.0 Å². The van der Waals surface area contributed by atoms with E-state index in [-0.39, 0.29) is 23.8 Å². The second kappa shape index (κ2) is 10.2. The predicted octanol–water partition coefficient (Wildman–Crippen LogP) is 3.59. The molecule has 4 bridgehead atoms. The lowest BCUT2D eigenvalue weighted by Crippen LogP contribution is -2.62. The van der Waals surface area contributed by atoms with Gasteiger partial charge < -0.3 is 19.2 Å². The van der Waals surface area contributed by atoms with E-state index in [1.54, 1.807) is 4.57 Å². The van der Waals surface area contributed by atoms with E-state index in [2.05, 4.69) is 15.0 Å². The van der Waals surface area contributed by atoms with E-state index in [4.69, 9.17) is 9.57 Å². The number of carbonyl (C=O) groups is 1. The largest absolute Gasteiger partial charge is 0.476 e. The molecular formula is C28H36N4O5. The maximum Gasteiger partial charge on any atom is 0.360 e. The summed E-state index contributed by atoms with van der Waals surface area (Å²) in [6, 6.07) is 8.45. The third-order valence-corrected chi connectivity index (χ3v) is 9.10. The fourth-order valence-electron chi connectivity index (χ4n) is 7.78. The van der Waals surface area contributed by atoms with E-state index in [9.17, 15) is 14.7 Å². The second-order valence-electron chi connectivity index (χ2n) is 11.3. The number of benzene rings is 1. The van der Waals surface area contributed by atoms with Crippen molar-refractivity contribution in [2.45, 2.75) is 82.0 Å². The fourth-order valence-corrected chi connectivity index (χ4v) is 7.78. The second-order valence-corrected chi connectivity index (χ2v) is 11.3. The summed E-state index contributed by atoms with van der Waals surface area (Å²) in [5, 5.41) is 13.4. The molecular weight excluding hydrogens is 472 g/mol. The highest BCUT2D eigenvalue weighted by Gasteiger charge is 2.46. The zero-order valence-corrected chi connectivity index (χ0v) is 21.4. The number of ether oxygens (including phenoxy) is 1. The molecule has 2 saturated heterocycles. The van der Waals surface area contributed by atoms with Crippen LogP contribution in [0.15, 0.2) is 34.2 Å². The number of hydrogen-bond acceptors (Lipinski definition) is 7. The van der Waals surface area contributed by atoms with Gasteiger partial charge in [-0.2, -0.15) is 0 Å². The van der Waals surface area contributed by atoms with Gasteiger partial charge in [-0.3, -0.25) is 9.69 Å². The topological polar surface area (TPSA) is 106 Å². The van der Waals surface area contributed by atoms with Gasteiger partial charge >= 0.3 is 5.97 Å². The Hall–Kier alpha value is -2.78. The maximum atomic E-state index is 13.8. The van der Waals surface area contributed by atoms with E-state index in [1.165, 1.54) is 52.1 Å². The van der Waals surface area contributed by atoms with E-state index in [0.29, 0.717) is 24.8 Å². The van der Waals surface area contributed by atoms with Crippen molar-refractivity contribution in [2.75, 3.05) is 20.3 Å². The van der Waals surface area contributed by atoms with Crippen LogP contribution in [0.5, 0.6) is 0 Å². The molecule has 198 valence electrons. The van der Waals surface area contributed by atoms with Crippen LogP contribution in [0.2, 0.25) is 0 Å². The number of aromatic nitrogens is 2. The average molecular weight is 509 g/mol. The van der Waals surface area contributed by atoms with Gasteiger partial charge in [0.15, 0.2) is 5.69 Å². The number of oxime groups is 1. The molecule has 1 aromatic carbocycles. The monoisotopic (exact) mass is 508 g/mol. The van der Waals surface area contributed by atoms with E-state index < -0.39 is 17.2 Å². The minimum atomic E-state index is -1.34. The predicted molar refractivity (Wildman–Crippen MR) is 139 cm³/mol. The first-order valence-electron chi connectivity index (χ1n) is 13.7. The van der Waals surface area contributed by atoms with Crippen LogP contribution in [0.25, 0.3) is 11.0 Å². The van der Waals surface area contributed by atoms with Crippen molar-refractivity contribution in [1.29, 1.82) is 0 Å². The van der Waals surface area contributed by atoms with Crippen LogP contribution >= 0.6 is 0 Å². The Bertz CT molecular complexity index is 1230. The van der Waals surface area contributed by atoms with Crippen LogP contribution in [-0.4, -0.2) is 69.7 Å². The molecule has 0 amide bonds. The fraction of sp³-hybridized carbons (Fsp3) is 0.643. The molecule has 0 unspecified atom stereocenters. The Labute approximate surface area is 216 Å². The summed E-state index contributed by atoms with van der Waals surface area (Å²) in [4.78, 5) is 37.7. The van der Waals surface area contributed by atoms with Crippen molar-refractivity contribution < 1.29 is 19.5 Å². The van der Waals surface area contributed by atoms with E-state index >= 15 is 0 Å². The number of para-hydroxylation sites is 2. The smallest absolute Gasteiger partial charge is 0.360 e. The van der Waals surface area contributed by atoms with Crippen LogP contribution in [0, 0.1) is 11.8 Å². The van der Waals surface area contributed by atoms with Gasteiger partial charge in [-0.1, -0.05) is 43.0 Å². The van der Waals surface area contributed by atoms with Gasteiger partial charge in [-0.15, -0.1) is 0 Å². The lowest BCUT2D eigenvalue weighted by Gasteiger charge is -2.54. The van der Waals surface area contributed by atoms with Gasteiger partial charge in [-0.25, -0.2) is 9.78 Å². The zero-order chi connectivity index (χ0) is 25.5. The van der Waals surface area contributed by atoms with Gasteiger partial charge in [-0.05, 0) is 56.1 Å². The number of carboxylic acid groups (broad SMARTS) is 1. The van der Waals surface area contributed by atoms with Crippen LogP contribution in [0.4, 0.5) is 0 Å². The molecule has 0 spiro atoms. The third-order valence-electron chi connectivity index (χ3n) is 9.10. The van der Waals surface area contributed by atoms with Crippen molar-refractivity contribution >= 4 is 22.7 Å². The van der Waals surface area contributed by atoms with Crippen molar-refractivity contribution in [3.05, 3.63) is 40.3 Å². The quantitative estimate of drug-likeness (QED) is 0.486. The Morgan fingerprint density at radius 1 is 1.00 bits per heavy atom. The molecule has 1 aromatic heterocycles. The molecule has 3 heterocycles. The van der Waals surface area contributed by atoms with Crippen molar-refractivity contribution in [3.63, 3.8) is 0 Å². The normalized spacial score (nSPS) is 32.6. The Balaban J connectivity index is 1.36. The van der Waals surface area contributed by atoms with Gasteiger partial charge in [0.05, 0.1) is 24.2 Å². The number of rotatable bonds is 5. The molecule has 6 rings (SSSR count). The SMILES string of the molecule is CO/N=C(\C(=O)O)c1nc2ccccc2n([C@H]2C[C@H]3COC[C@@H](C2)N3[C@@H]2C[C@@H]3CCCC[C@@H](C3)C2)c1=O. The number of carboxylic acids is 1. The molecule has 2 aromatic rings. The van der Waals surface area contributed by atoms with Gasteiger partial charge in [0.1, 0.15) is 7.11 Å². The average Bonchev–Trinajstić information content (AvgIpc) is 3.05. The molecule has 4 fully saturated rings. The minimum absolute atomic E-state index is 0.0715. The summed E-state index contributed by atoms with van der Waals surface area (Å²) in [6.45, 7) is 1.35. The maximum absolute atomic E-state index is 13.8. The summed E-state index contributed by atoms with van der Waals surface area (Å²) in [6.07, 6.45) is 11.0. The summed E-state index contributed by atoms with van der Waals surface area (Å²) in [5.41, 5.74) is 0.200. The Kier molecular flexibility index (Phi) is 6.75. The number of hydrogen-bond donors (Lipinski definition) is 1. The molecule has 1 N–H and O–H groups in total. The Morgan fingerprint density at radius 3 is 2.32 bits per heavy atom. The van der Waals surface area contributed by atoms with Gasteiger partial charge in [0.2, 0.25) is 5.71 Å². The standard InChI is InChI=1S/C28H36N4O5/c1-36-30-26(28(34)35)25-27(33)32(24-9-5-4-8-23(24)29-25)20-13-21-15-37-16-22(14-20)31(21)19-11-17-6-2-3-7-18(10-17)12-19/h4-5,8-9,17-22H,2-3,6-7,10-16H2,1H3,(H,34,35)/b30-26-/t17-,18+,19-,20-,21-,22+. The molecule has 4 aliphatic rings. The molecule has 37 heavy (non-hydrogen) atoms. The third kappa shape index (κ3) is 4.56. The molecule has 2 saturated carbocycles. The number of fused-ring (bicyclic) bond motifs is 5. The van der Waals surface area contributed by atoms with Gasteiger partial charge in [0.25, 0.3) is 5.56 Å². The highest BCUT2D eigenvalue weighted by Crippen LogP contribution is 2.44. The lowest BCUT2D eigenvalue weighted by atomic mass is 9.75. The molecule has 9 heteroatoms. The Morgan fingerprint density at radius 2 is 1.68 bits per heavy atom. The molecule has 0 radical (unpaired) electrons. The highest BCUT2D eigenvalue weighted by molar-refractivity contribution is 6.41. The first-order chi connectivity index (χ1) is 18.0. The van der Waals surface area contributed by atoms with Crippen LogP contribution in [0.1, 0.15) is 69.5 Å². The van der Waals surface area contributed by atoms with Crippen LogP contribution < -0.4 is 5.56 Å². The number of morpholine rings is 1. The van der Waals surface area contributed by atoms with Gasteiger partial charge in [0, 0.05) is 24.2 Å². The van der Waals surface area contributed by atoms with E-state index in [1.807, 2.05) is 24.3 Å².